The van der Waals surface area contributed by atoms with Gasteiger partial charge >= 0.3 is 5.97 Å². The molecule has 22 heavy (non-hydrogen) atoms. The predicted molar refractivity (Wildman–Crippen MR) is 88.4 cm³/mol. The monoisotopic (exact) mass is 304 g/mol. The molecule has 0 aromatic heterocycles. The maximum absolute atomic E-state index is 12.1. The van der Waals surface area contributed by atoms with E-state index in [1.54, 1.807) is 0 Å². The van der Waals surface area contributed by atoms with Crippen LogP contribution in [0, 0.1) is 5.92 Å². The molecule has 1 unspecified atom stereocenters. The van der Waals surface area contributed by atoms with Crippen LogP contribution in [0.1, 0.15) is 64.4 Å². The van der Waals surface area contributed by atoms with E-state index >= 15 is 0 Å². The largest absolute Gasteiger partial charge is 0.460 e. The van der Waals surface area contributed by atoms with Gasteiger partial charge in [-0.15, -0.1) is 0 Å². The summed E-state index contributed by atoms with van der Waals surface area (Å²) in [5.41, 5.74) is 0.942. The molecular formula is C19H28O3. The number of rotatable bonds is 11. The van der Waals surface area contributed by atoms with E-state index in [2.05, 4.69) is 6.92 Å². The summed E-state index contributed by atoms with van der Waals surface area (Å²) in [6.07, 6.45) is 7.49. The summed E-state index contributed by atoms with van der Waals surface area (Å²) < 4.78 is 5.29. The topological polar surface area (TPSA) is 43.4 Å². The van der Waals surface area contributed by atoms with Crippen LogP contribution in [0.5, 0.6) is 0 Å². The molecule has 1 rings (SSSR count). The second-order valence-electron chi connectivity index (χ2n) is 5.81. The minimum Gasteiger partial charge on any atom is -0.460 e. The molecule has 0 heterocycles. The first kappa shape index (κ1) is 18.4. The normalized spacial score (nSPS) is 11.9. The Morgan fingerprint density at radius 1 is 1.00 bits per heavy atom. The fraction of sp³-hybridized carbons (Fsp3) is 0.579. The lowest BCUT2D eigenvalue weighted by Crippen LogP contribution is -2.24. The van der Waals surface area contributed by atoms with Gasteiger partial charge in [-0.25, -0.2) is 0 Å². The SMILES string of the molecule is CCCCCCCCC(C(C)=O)C(=O)OCc1ccccc1. The van der Waals surface area contributed by atoms with Crippen LogP contribution in [0.25, 0.3) is 0 Å². The fourth-order valence-corrected chi connectivity index (χ4v) is 2.45. The third-order valence-electron chi connectivity index (χ3n) is 3.85. The molecule has 0 aliphatic heterocycles. The number of esters is 1. The van der Waals surface area contributed by atoms with E-state index in [-0.39, 0.29) is 18.4 Å². The van der Waals surface area contributed by atoms with Gasteiger partial charge in [0, 0.05) is 0 Å². The lowest BCUT2D eigenvalue weighted by Gasteiger charge is -2.13. The van der Waals surface area contributed by atoms with Crippen LogP contribution in [0.3, 0.4) is 0 Å². The quantitative estimate of drug-likeness (QED) is 0.338. The predicted octanol–water partition coefficient (Wildman–Crippen LogP) is 4.69. The summed E-state index contributed by atoms with van der Waals surface area (Å²) in [5.74, 6) is -1.08. The van der Waals surface area contributed by atoms with E-state index in [4.69, 9.17) is 4.74 Å². The highest BCUT2D eigenvalue weighted by molar-refractivity contribution is 5.97. The first-order valence-electron chi connectivity index (χ1n) is 8.36. The second kappa shape index (κ2) is 11.0. The zero-order valence-corrected chi connectivity index (χ0v) is 13.8. The first-order chi connectivity index (χ1) is 10.6. The van der Waals surface area contributed by atoms with Gasteiger partial charge < -0.3 is 4.74 Å². The van der Waals surface area contributed by atoms with Crippen molar-refractivity contribution in [3.8, 4) is 0 Å². The van der Waals surface area contributed by atoms with Crippen LogP contribution in [0.2, 0.25) is 0 Å². The molecule has 0 saturated heterocycles. The van der Waals surface area contributed by atoms with Gasteiger partial charge in [0.1, 0.15) is 18.3 Å². The van der Waals surface area contributed by atoms with Crippen molar-refractivity contribution in [2.24, 2.45) is 5.92 Å². The Hall–Kier alpha value is -1.64. The molecule has 1 aromatic rings. The first-order valence-corrected chi connectivity index (χ1v) is 8.36. The van der Waals surface area contributed by atoms with Crippen LogP contribution in [-0.4, -0.2) is 11.8 Å². The fourth-order valence-electron chi connectivity index (χ4n) is 2.45. The number of Topliss-reactive ketones (excluding diaryl/α,β-unsaturated/α-hetero) is 1. The molecule has 0 amide bonds. The van der Waals surface area contributed by atoms with Crippen molar-refractivity contribution in [2.75, 3.05) is 0 Å². The molecule has 0 spiro atoms. The molecule has 0 N–H and O–H groups in total. The number of ketones is 1. The molecular weight excluding hydrogens is 276 g/mol. The summed E-state index contributed by atoms with van der Waals surface area (Å²) in [7, 11) is 0. The maximum atomic E-state index is 12.1. The molecule has 1 atom stereocenters. The number of carbonyl (C=O) groups excluding carboxylic acids is 2. The number of hydrogen-bond acceptors (Lipinski definition) is 3. The molecule has 1 aromatic carbocycles. The lowest BCUT2D eigenvalue weighted by atomic mass is 9.97. The van der Waals surface area contributed by atoms with Crippen molar-refractivity contribution < 1.29 is 14.3 Å². The Bertz CT molecular complexity index is 439. The molecule has 0 saturated carbocycles. The van der Waals surface area contributed by atoms with Crippen LogP contribution in [0.4, 0.5) is 0 Å². The van der Waals surface area contributed by atoms with Crippen molar-refractivity contribution in [1.29, 1.82) is 0 Å². The van der Waals surface area contributed by atoms with Gasteiger partial charge in [0.25, 0.3) is 0 Å². The third-order valence-corrected chi connectivity index (χ3v) is 3.85. The summed E-state index contributed by atoms with van der Waals surface area (Å²) >= 11 is 0. The highest BCUT2D eigenvalue weighted by Crippen LogP contribution is 2.16. The number of unbranched alkanes of at least 4 members (excludes halogenated alkanes) is 5. The van der Waals surface area contributed by atoms with Crippen molar-refractivity contribution in [3.05, 3.63) is 35.9 Å². The average molecular weight is 304 g/mol. The number of benzene rings is 1. The van der Waals surface area contributed by atoms with Crippen LogP contribution < -0.4 is 0 Å². The second-order valence-corrected chi connectivity index (χ2v) is 5.81. The van der Waals surface area contributed by atoms with Crippen molar-refractivity contribution in [3.63, 3.8) is 0 Å². The standard InChI is InChI=1S/C19H28O3/c1-3-4-5-6-7-11-14-18(16(2)20)19(21)22-15-17-12-9-8-10-13-17/h8-10,12-13,18H,3-7,11,14-15H2,1-2H3. The molecule has 122 valence electrons. The minimum atomic E-state index is -0.602. The summed E-state index contributed by atoms with van der Waals surface area (Å²) in [4.78, 5) is 23.7. The minimum absolute atomic E-state index is 0.0911. The van der Waals surface area contributed by atoms with Gasteiger partial charge in [-0.1, -0.05) is 75.8 Å². The van der Waals surface area contributed by atoms with Crippen LogP contribution >= 0.6 is 0 Å². The zero-order valence-electron chi connectivity index (χ0n) is 13.8. The van der Waals surface area contributed by atoms with Gasteiger partial charge in [-0.05, 0) is 18.9 Å². The summed E-state index contributed by atoms with van der Waals surface area (Å²) in [6, 6.07) is 9.54. The van der Waals surface area contributed by atoms with Gasteiger partial charge in [0.05, 0.1) is 0 Å². The lowest BCUT2D eigenvalue weighted by molar-refractivity contribution is -0.153. The molecule has 0 fully saturated rings. The number of hydrogen-bond donors (Lipinski definition) is 0. The molecule has 0 bridgehead atoms. The Morgan fingerprint density at radius 3 is 2.27 bits per heavy atom. The third kappa shape index (κ3) is 7.39. The molecule has 0 aliphatic rings. The summed E-state index contributed by atoms with van der Waals surface area (Å²) in [5, 5.41) is 0. The number of ether oxygens (including phenoxy) is 1. The molecule has 3 heteroatoms. The van der Waals surface area contributed by atoms with Crippen LogP contribution in [0.15, 0.2) is 30.3 Å². The maximum Gasteiger partial charge on any atom is 0.316 e. The van der Waals surface area contributed by atoms with Gasteiger partial charge in [-0.3, -0.25) is 9.59 Å². The Labute approximate surface area is 134 Å². The van der Waals surface area contributed by atoms with E-state index in [0.29, 0.717) is 6.42 Å². The zero-order chi connectivity index (χ0) is 16.2. The Balaban J connectivity index is 2.32. The summed E-state index contributed by atoms with van der Waals surface area (Å²) in [6.45, 7) is 3.90. The highest BCUT2D eigenvalue weighted by atomic mass is 16.5. The molecule has 0 radical (unpaired) electrons. The van der Waals surface area contributed by atoms with Crippen LogP contribution in [-0.2, 0) is 20.9 Å². The van der Waals surface area contributed by atoms with Crippen molar-refractivity contribution in [2.45, 2.75) is 65.4 Å². The highest BCUT2D eigenvalue weighted by Gasteiger charge is 2.24. The molecule has 0 aliphatic carbocycles. The smallest absolute Gasteiger partial charge is 0.316 e. The number of carbonyl (C=O) groups is 2. The van der Waals surface area contributed by atoms with Gasteiger partial charge in [-0.2, -0.15) is 0 Å². The van der Waals surface area contributed by atoms with E-state index in [0.717, 1.165) is 18.4 Å². The van der Waals surface area contributed by atoms with Crippen molar-refractivity contribution >= 4 is 11.8 Å². The Morgan fingerprint density at radius 2 is 1.64 bits per heavy atom. The Kier molecular flexibility index (Phi) is 9.20. The van der Waals surface area contributed by atoms with Gasteiger partial charge in [0.15, 0.2) is 0 Å². The van der Waals surface area contributed by atoms with E-state index in [1.807, 2.05) is 30.3 Å². The molecule has 3 nitrogen and oxygen atoms in total. The van der Waals surface area contributed by atoms with Crippen molar-refractivity contribution in [1.82, 2.24) is 0 Å². The van der Waals surface area contributed by atoms with E-state index in [1.165, 1.54) is 32.6 Å². The average Bonchev–Trinajstić information content (AvgIpc) is 2.52. The van der Waals surface area contributed by atoms with E-state index < -0.39 is 5.92 Å². The van der Waals surface area contributed by atoms with Gasteiger partial charge in [0.2, 0.25) is 0 Å². The van der Waals surface area contributed by atoms with E-state index in [9.17, 15) is 9.59 Å².